The van der Waals surface area contributed by atoms with Gasteiger partial charge in [0.25, 0.3) is 5.78 Å². The maximum Gasteiger partial charge on any atom is 0.265 e. The van der Waals surface area contributed by atoms with Crippen LogP contribution in [0.4, 0.5) is 0 Å². The molecule has 3 rings (SSSR count). The molecule has 0 amide bonds. The van der Waals surface area contributed by atoms with Gasteiger partial charge in [0, 0.05) is 0 Å². The monoisotopic (exact) mass is 218 g/mol. The molecular formula is C13H14O3. The summed E-state index contributed by atoms with van der Waals surface area (Å²) in [5, 5.41) is 0. The molecule has 2 saturated carbocycles. The van der Waals surface area contributed by atoms with Crippen LogP contribution in [0, 0.1) is 10.8 Å². The quantitative estimate of drug-likeness (QED) is 0.458. The number of carbonyl (C=O) groups is 3. The normalized spacial score (nSPS) is 42.1. The molecule has 0 heterocycles. The van der Waals surface area contributed by atoms with E-state index in [9.17, 15) is 14.4 Å². The Bertz CT molecular complexity index is 396. The van der Waals surface area contributed by atoms with Gasteiger partial charge in [-0.3, -0.25) is 14.4 Å². The van der Waals surface area contributed by atoms with E-state index in [2.05, 4.69) is 0 Å². The highest BCUT2D eigenvalue weighted by molar-refractivity contribution is 6.69. The molecule has 2 unspecified atom stereocenters. The number of allylic oxidation sites excluding steroid dienone is 2. The Hall–Kier alpha value is -1.25. The lowest BCUT2D eigenvalue weighted by Crippen LogP contribution is -2.48. The molecule has 0 aromatic rings. The third kappa shape index (κ3) is 0.841. The number of hydrogen-bond acceptors (Lipinski definition) is 3. The molecule has 0 spiro atoms. The number of hydrogen-bond donors (Lipinski definition) is 0. The lowest BCUT2D eigenvalue weighted by atomic mass is 9.53. The summed E-state index contributed by atoms with van der Waals surface area (Å²) in [4.78, 5) is 35.9. The van der Waals surface area contributed by atoms with Crippen molar-refractivity contribution in [2.45, 2.75) is 38.5 Å². The molecule has 3 aliphatic rings. The van der Waals surface area contributed by atoms with Crippen molar-refractivity contribution in [2.24, 2.45) is 10.8 Å². The van der Waals surface area contributed by atoms with E-state index in [4.69, 9.17) is 0 Å². The highest BCUT2D eigenvalue weighted by atomic mass is 16.2. The first-order chi connectivity index (χ1) is 7.64. The first-order valence-corrected chi connectivity index (χ1v) is 5.93. The van der Waals surface area contributed by atoms with E-state index in [1.807, 2.05) is 12.2 Å². The van der Waals surface area contributed by atoms with Crippen molar-refractivity contribution in [3.8, 4) is 0 Å². The Morgan fingerprint density at radius 1 is 0.812 bits per heavy atom. The van der Waals surface area contributed by atoms with Crippen LogP contribution in [0.25, 0.3) is 0 Å². The summed E-state index contributed by atoms with van der Waals surface area (Å²) >= 11 is 0. The van der Waals surface area contributed by atoms with Crippen LogP contribution in [0.3, 0.4) is 0 Å². The summed E-state index contributed by atoms with van der Waals surface area (Å²) in [6.07, 6.45) is 8.46. The molecule has 2 fully saturated rings. The smallest absolute Gasteiger partial charge is 0.265 e. The predicted octanol–water partition coefficient (Wildman–Crippen LogP) is 1.60. The summed E-state index contributed by atoms with van der Waals surface area (Å²) in [5.74, 6) is -1.53. The van der Waals surface area contributed by atoms with Gasteiger partial charge < -0.3 is 0 Å². The summed E-state index contributed by atoms with van der Waals surface area (Å²) in [7, 11) is 0. The summed E-state index contributed by atoms with van der Waals surface area (Å²) in [5.41, 5.74) is -1.32. The molecule has 84 valence electrons. The molecule has 0 saturated heterocycles. The minimum Gasteiger partial charge on any atom is -0.290 e. The molecule has 2 atom stereocenters. The fourth-order valence-corrected chi connectivity index (χ4v) is 3.88. The van der Waals surface area contributed by atoms with Crippen molar-refractivity contribution < 1.29 is 14.4 Å². The van der Waals surface area contributed by atoms with Crippen molar-refractivity contribution in [3.63, 3.8) is 0 Å². The number of rotatable bonds is 0. The number of ketones is 3. The van der Waals surface area contributed by atoms with Crippen LogP contribution in [-0.2, 0) is 14.4 Å². The van der Waals surface area contributed by atoms with E-state index >= 15 is 0 Å². The maximum absolute atomic E-state index is 12.1. The fraction of sp³-hybridized carbons (Fsp3) is 0.615. The van der Waals surface area contributed by atoms with Crippen LogP contribution in [0.2, 0.25) is 0 Å². The van der Waals surface area contributed by atoms with Crippen molar-refractivity contribution in [3.05, 3.63) is 12.2 Å². The lowest BCUT2D eigenvalue weighted by Gasteiger charge is -2.47. The summed E-state index contributed by atoms with van der Waals surface area (Å²) < 4.78 is 0. The molecule has 16 heavy (non-hydrogen) atoms. The SMILES string of the molecule is O=C1C(=O)C23CC=CCC2(CCCC3)C1=O. The second-order valence-electron chi connectivity index (χ2n) is 5.24. The van der Waals surface area contributed by atoms with Crippen LogP contribution in [0.1, 0.15) is 38.5 Å². The van der Waals surface area contributed by atoms with Crippen LogP contribution >= 0.6 is 0 Å². The Labute approximate surface area is 93.9 Å². The highest BCUT2D eigenvalue weighted by Gasteiger charge is 2.69. The Balaban J connectivity index is 2.23. The topological polar surface area (TPSA) is 51.2 Å². The highest BCUT2D eigenvalue weighted by Crippen LogP contribution is 2.61. The van der Waals surface area contributed by atoms with Crippen LogP contribution in [0.15, 0.2) is 12.2 Å². The van der Waals surface area contributed by atoms with E-state index in [1.165, 1.54) is 0 Å². The van der Waals surface area contributed by atoms with Gasteiger partial charge in [-0.05, 0) is 25.7 Å². The first kappa shape index (κ1) is 9.94. The summed E-state index contributed by atoms with van der Waals surface area (Å²) in [6.45, 7) is 0. The molecule has 0 bridgehead atoms. The largest absolute Gasteiger partial charge is 0.290 e. The van der Waals surface area contributed by atoms with Gasteiger partial charge in [0.1, 0.15) is 0 Å². The van der Waals surface area contributed by atoms with Gasteiger partial charge >= 0.3 is 0 Å². The molecule has 0 radical (unpaired) electrons. The van der Waals surface area contributed by atoms with Gasteiger partial charge in [0.15, 0.2) is 0 Å². The zero-order valence-corrected chi connectivity index (χ0v) is 9.12. The maximum atomic E-state index is 12.1. The minimum atomic E-state index is -0.731. The minimum absolute atomic E-state index is 0.401. The van der Waals surface area contributed by atoms with E-state index in [0.717, 1.165) is 12.8 Å². The standard InChI is InChI=1S/C13H14O3/c14-9-10(15)12-5-1-2-6-13(12,11(9)16)8-4-3-7-12/h1-2H,3-8H2. The second kappa shape index (κ2) is 2.90. The summed E-state index contributed by atoms with van der Waals surface area (Å²) in [6, 6.07) is 0. The van der Waals surface area contributed by atoms with Gasteiger partial charge in [-0.25, -0.2) is 0 Å². The van der Waals surface area contributed by atoms with E-state index in [-0.39, 0.29) is 0 Å². The molecule has 0 aromatic heterocycles. The van der Waals surface area contributed by atoms with Crippen LogP contribution in [-0.4, -0.2) is 17.3 Å². The van der Waals surface area contributed by atoms with Crippen molar-refractivity contribution in [1.82, 2.24) is 0 Å². The molecule has 3 aliphatic carbocycles. The van der Waals surface area contributed by atoms with Gasteiger partial charge in [0.2, 0.25) is 11.6 Å². The van der Waals surface area contributed by atoms with Crippen molar-refractivity contribution in [2.75, 3.05) is 0 Å². The van der Waals surface area contributed by atoms with E-state index in [0.29, 0.717) is 25.7 Å². The number of Topliss-reactive ketones (excluding diaryl/α,β-unsaturated/α-hetero) is 3. The van der Waals surface area contributed by atoms with Crippen LogP contribution < -0.4 is 0 Å². The van der Waals surface area contributed by atoms with E-state index < -0.39 is 28.2 Å². The van der Waals surface area contributed by atoms with Gasteiger partial charge in [-0.1, -0.05) is 25.0 Å². The molecular weight excluding hydrogens is 204 g/mol. The zero-order valence-electron chi connectivity index (χ0n) is 9.12. The Kier molecular flexibility index (Phi) is 1.80. The number of carbonyl (C=O) groups excluding carboxylic acids is 3. The zero-order chi connectivity index (χ0) is 11.4. The van der Waals surface area contributed by atoms with Gasteiger partial charge in [-0.15, -0.1) is 0 Å². The average molecular weight is 218 g/mol. The molecule has 0 aromatic carbocycles. The molecule has 3 heteroatoms. The Morgan fingerprint density at radius 2 is 1.25 bits per heavy atom. The molecule has 0 aliphatic heterocycles. The van der Waals surface area contributed by atoms with Crippen molar-refractivity contribution >= 4 is 17.3 Å². The lowest BCUT2D eigenvalue weighted by molar-refractivity contribution is -0.142. The van der Waals surface area contributed by atoms with E-state index in [1.54, 1.807) is 0 Å². The Morgan fingerprint density at radius 3 is 1.69 bits per heavy atom. The van der Waals surface area contributed by atoms with Gasteiger partial charge in [0.05, 0.1) is 10.8 Å². The third-order valence-electron chi connectivity index (χ3n) is 4.75. The first-order valence-electron chi connectivity index (χ1n) is 5.93. The average Bonchev–Trinajstić information content (AvgIpc) is 2.51. The predicted molar refractivity (Wildman–Crippen MR) is 56.7 cm³/mol. The van der Waals surface area contributed by atoms with Crippen molar-refractivity contribution in [1.29, 1.82) is 0 Å². The third-order valence-corrected chi connectivity index (χ3v) is 4.75. The van der Waals surface area contributed by atoms with Gasteiger partial charge in [-0.2, -0.15) is 0 Å². The second-order valence-corrected chi connectivity index (χ2v) is 5.24. The fourth-order valence-electron chi connectivity index (χ4n) is 3.88. The van der Waals surface area contributed by atoms with Crippen LogP contribution in [0.5, 0.6) is 0 Å². The molecule has 3 nitrogen and oxygen atoms in total. The molecule has 0 N–H and O–H groups in total.